The topological polar surface area (TPSA) is 80.0 Å². The Morgan fingerprint density at radius 1 is 1.32 bits per heavy atom. The number of amides is 1. The molecule has 6 heteroatoms. The number of nitrogens with zero attached hydrogens (tertiary/aromatic N) is 1. The summed E-state index contributed by atoms with van der Waals surface area (Å²) in [5.74, 6) is 0.873. The number of carboxylic acids is 1. The average Bonchev–Trinajstić information content (AvgIpc) is 3.00. The van der Waals surface area contributed by atoms with Crippen LogP contribution >= 0.6 is 0 Å². The molecular formula is C16H23NO5. The van der Waals surface area contributed by atoms with E-state index in [0.29, 0.717) is 39.0 Å². The van der Waals surface area contributed by atoms with Gasteiger partial charge in [-0.15, -0.1) is 0 Å². The average molecular weight is 309 g/mol. The first-order valence-electron chi connectivity index (χ1n) is 7.79. The van der Waals surface area contributed by atoms with Crippen LogP contribution in [-0.4, -0.2) is 41.6 Å². The Kier molecular flexibility index (Phi) is 6.00. The van der Waals surface area contributed by atoms with E-state index in [2.05, 4.69) is 0 Å². The van der Waals surface area contributed by atoms with Crippen LogP contribution in [0.25, 0.3) is 0 Å². The predicted molar refractivity (Wildman–Crippen MR) is 79.5 cm³/mol. The molecule has 1 atom stereocenters. The third-order valence-corrected chi connectivity index (χ3v) is 3.84. The Morgan fingerprint density at radius 2 is 2.09 bits per heavy atom. The van der Waals surface area contributed by atoms with Crippen LogP contribution in [0.4, 0.5) is 0 Å². The molecule has 0 bridgehead atoms. The first-order valence-corrected chi connectivity index (χ1v) is 7.79. The predicted octanol–water partition coefficient (Wildman–Crippen LogP) is 2.39. The van der Waals surface area contributed by atoms with Crippen molar-refractivity contribution in [3.63, 3.8) is 0 Å². The second-order valence-electron chi connectivity index (χ2n) is 5.44. The molecule has 1 saturated heterocycles. The van der Waals surface area contributed by atoms with E-state index in [1.165, 1.54) is 0 Å². The standard InChI is InChI=1S/C16H23NO5/c1-2-12-7-8-14(22-12)13-11-21-10-9-17(13)15(18)5-3-4-6-16(19)20/h7-8,13H,2-6,9-11H2,1H3,(H,19,20). The third kappa shape index (κ3) is 4.34. The Morgan fingerprint density at radius 3 is 2.77 bits per heavy atom. The second-order valence-corrected chi connectivity index (χ2v) is 5.44. The largest absolute Gasteiger partial charge is 0.481 e. The first kappa shape index (κ1) is 16.5. The van der Waals surface area contributed by atoms with Crippen LogP contribution in [0.5, 0.6) is 0 Å². The van der Waals surface area contributed by atoms with Gasteiger partial charge in [-0.05, 0) is 25.0 Å². The van der Waals surface area contributed by atoms with Crippen LogP contribution in [0.15, 0.2) is 16.5 Å². The Balaban J connectivity index is 1.93. The molecule has 6 nitrogen and oxygen atoms in total. The molecule has 0 saturated carbocycles. The van der Waals surface area contributed by atoms with Crippen molar-refractivity contribution in [3.8, 4) is 0 Å². The smallest absolute Gasteiger partial charge is 0.303 e. The molecule has 0 aliphatic carbocycles. The lowest BCUT2D eigenvalue weighted by molar-refractivity contribution is -0.141. The van der Waals surface area contributed by atoms with Crippen molar-refractivity contribution in [2.24, 2.45) is 0 Å². The van der Waals surface area contributed by atoms with Crippen LogP contribution < -0.4 is 0 Å². The molecular weight excluding hydrogens is 286 g/mol. The number of ether oxygens (including phenoxy) is 1. The van der Waals surface area contributed by atoms with Crippen LogP contribution in [0.1, 0.15) is 50.2 Å². The lowest BCUT2D eigenvalue weighted by atomic mass is 10.1. The lowest BCUT2D eigenvalue weighted by Crippen LogP contribution is -2.43. The van der Waals surface area contributed by atoms with Crippen molar-refractivity contribution in [2.45, 2.75) is 45.1 Å². The molecule has 1 N–H and O–H groups in total. The number of aliphatic carboxylic acids is 1. The molecule has 1 aliphatic rings. The number of morpholine rings is 1. The molecule has 0 aromatic carbocycles. The van der Waals surface area contributed by atoms with Gasteiger partial charge in [0.15, 0.2) is 0 Å². The van der Waals surface area contributed by atoms with E-state index in [4.69, 9.17) is 14.3 Å². The van der Waals surface area contributed by atoms with Crippen molar-refractivity contribution in [1.82, 2.24) is 4.90 Å². The van der Waals surface area contributed by atoms with Crippen molar-refractivity contribution in [3.05, 3.63) is 23.7 Å². The molecule has 0 spiro atoms. The number of carbonyl (C=O) groups excluding carboxylic acids is 1. The van der Waals surface area contributed by atoms with Gasteiger partial charge in [-0.25, -0.2) is 0 Å². The van der Waals surface area contributed by atoms with Gasteiger partial charge < -0.3 is 19.2 Å². The highest BCUT2D eigenvalue weighted by atomic mass is 16.5. The van der Waals surface area contributed by atoms with Crippen LogP contribution in [0.2, 0.25) is 0 Å². The quantitative estimate of drug-likeness (QED) is 0.782. The van der Waals surface area contributed by atoms with Gasteiger partial charge in [-0.3, -0.25) is 9.59 Å². The fourth-order valence-electron chi connectivity index (χ4n) is 2.60. The normalized spacial score (nSPS) is 18.4. The summed E-state index contributed by atoms with van der Waals surface area (Å²) in [6.45, 7) is 3.53. The fourth-order valence-corrected chi connectivity index (χ4v) is 2.60. The van der Waals surface area contributed by atoms with Crippen molar-refractivity contribution >= 4 is 11.9 Å². The van der Waals surface area contributed by atoms with Gasteiger partial charge in [-0.1, -0.05) is 6.92 Å². The number of carboxylic acid groups (broad SMARTS) is 1. The number of carbonyl (C=O) groups is 2. The summed E-state index contributed by atoms with van der Waals surface area (Å²) in [6, 6.07) is 3.66. The highest BCUT2D eigenvalue weighted by Crippen LogP contribution is 2.27. The summed E-state index contributed by atoms with van der Waals surface area (Å²) < 4.78 is 11.2. The molecule has 2 heterocycles. The fraction of sp³-hybridized carbons (Fsp3) is 0.625. The minimum absolute atomic E-state index is 0.0353. The number of furan rings is 1. The highest BCUT2D eigenvalue weighted by Gasteiger charge is 2.30. The maximum Gasteiger partial charge on any atom is 0.303 e. The molecule has 22 heavy (non-hydrogen) atoms. The molecule has 122 valence electrons. The van der Waals surface area contributed by atoms with Crippen LogP contribution in [-0.2, 0) is 20.7 Å². The van der Waals surface area contributed by atoms with E-state index in [1.807, 2.05) is 19.1 Å². The van der Waals surface area contributed by atoms with Gasteiger partial charge in [0.1, 0.15) is 17.6 Å². The van der Waals surface area contributed by atoms with E-state index in [-0.39, 0.29) is 18.4 Å². The molecule has 0 radical (unpaired) electrons. The second kappa shape index (κ2) is 7.98. The molecule has 2 rings (SSSR count). The number of unbranched alkanes of at least 4 members (excludes halogenated alkanes) is 1. The molecule has 1 fully saturated rings. The van der Waals surface area contributed by atoms with Crippen LogP contribution in [0, 0.1) is 0 Å². The van der Waals surface area contributed by atoms with E-state index < -0.39 is 5.97 Å². The number of hydrogen-bond acceptors (Lipinski definition) is 4. The zero-order valence-electron chi connectivity index (χ0n) is 12.9. The molecule has 1 aromatic heterocycles. The summed E-state index contributed by atoms with van der Waals surface area (Å²) in [4.78, 5) is 24.7. The monoisotopic (exact) mass is 309 g/mol. The Labute approximate surface area is 130 Å². The van der Waals surface area contributed by atoms with E-state index in [0.717, 1.165) is 17.9 Å². The van der Waals surface area contributed by atoms with Gasteiger partial charge in [0.05, 0.1) is 13.2 Å². The van der Waals surface area contributed by atoms with Gasteiger partial charge >= 0.3 is 5.97 Å². The summed E-state index contributed by atoms with van der Waals surface area (Å²) >= 11 is 0. The maximum atomic E-state index is 12.4. The van der Waals surface area contributed by atoms with Crippen molar-refractivity contribution < 1.29 is 23.8 Å². The molecule has 1 aliphatic heterocycles. The SMILES string of the molecule is CCc1ccc(C2COCCN2C(=O)CCCCC(=O)O)o1. The third-order valence-electron chi connectivity index (χ3n) is 3.84. The summed E-state index contributed by atoms with van der Waals surface area (Å²) in [5, 5.41) is 8.62. The zero-order chi connectivity index (χ0) is 15.9. The van der Waals surface area contributed by atoms with Crippen LogP contribution in [0.3, 0.4) is 0 Å². The summed E-state index contributed by atoms with van der Waals surface area (Å²) in [5.41, 5.74) is 0. The molecule has 1 aromatic rings. The van der Waals surface area contributed by atoms with E-state index in [1.54, 1.807) is 4.90 Å². The zero-order valence-corrected chi connectivity index (χ0v) is 12.9. The van der Waals surface area contributed by atoms with E-state index >= 15 is 0 Å². The minimum atomic E-state index is -0.820. The Hall–Kier alpha value is -1.82. The minimum Gasteiger partial charge on any atom is -0.481 e. The molecule has 1 unspecified atom stereocenters. The summed E-state index contributed by atoms with van der Waals surface area (Å²) in [7, 11) is 0. The lowest BCUT2D eigenvalue weighted by Gasteiger charge is -2.34. The maximum absolute atomic E-state index is 12.4. The van der Waals surface area contributed by atoms with E-state index in [9.17, 15) is 9.59 Å². The van der Waals surface area contributed by atoms with Gasteiger partial charge in [0, 0.05) is 25.8 Å². The number of rotatable bonds is 7. The highest BCUT2D eigenvalue weighted by molar-refractivity contribution is 5.76. The Bertz CT molecular complexity index is 510. The number of hydrogen-bond donors (Lipinski definition) is 1. The summed E-state index contributed by atoms with van der Waals surface area (Å²) in [6.07, 6.45) is 2.41. The first-order chi connectivity index (χ1) is 10.6. The van der Waals surface area contributed by atoms with Crippen molar-refractivity contribution in [1.29, 1.82) is 0 Å². The molecule has 1 amide bonds. The number of aryl methyl sites for hydroxylation is 1. The van der Waals surface area contributed by atoms with Gasteiger partial charge in [0.25, 0.3) is 0 Å². The van der Waals surface area contributed by atoms with Crippen molar-refractivity contribution in [2.75, 3.05) is 19.8 Å². The van der Waals surface area contributed by atoms with Gasteiger partial charge in [-0.2, -0.15) is 0 Å². The van der Waals surface area contributed by atoms with Gasteiger partial charge in [0.2, 0.25) is 5.91 Å².